The molecule has 1 aromatic rings. The number of anilines is 2. The van der Waals surface area contributed by atoms with Crippen molar-refractivity contribution in [2.75, 3.05) is 10.0 Å². The van der Waals surface area contributed by atoms with Crippen LogP contribution in [0.15, 0.2) is 53.0 Å². The molecule has 0 N–H and O–H groups in total. The third kappa shape index (κ3) is 4.06. The maximum atomic E-state index is 4.50. The highest BCUT2D eigenvalue weighted by Gasteiger charge is 2.06. The van der Waals surface area contributed by atoms with Gasteiger partial charge in [-0.25, -0.2) is 15.0 Å². The molecule has 1 heterocycles. The number of hydrogen-bond donors (Lipinski definition) is 0. The van der Waals surface area contributed by atoms with E-state index in [0.29, 0.717) is 11.6 Å². The Balaban J connectivity index is 3.13. The van der Waals surface area contributed by atoms with Crippen molar-refractivity contribution in [2.45, 2.75) is 20.8 Å². The first-order valence-electron chi connectivity index (χ1n) is 6.03. The quantitative estimate of drug-likeness (QED) is 0.579. The van der Waals surface area contributed by atoms with E-state index in [2.05, 4.69) is 21.9 Å². The zero-order valence-corrected chi connectivity index (χ0v) is 11.6. The highest BCUT2D eigenvalue weighted by atomic mass is 15.5. The van der Waals surface area contributed by atoms with Gasteiger partial charge in [-0.1, -0.05) is 18.2 Å². The van der Waals surface area contributed by atoms with E-state index in [9.17, 15) is 0 Å². The smallest absolute Gasteiger partial charge is 0.155 e. The zero-order chi connectivity index (χ0) is 14.1. The number of hydrazone groups is 2. The molecule has 0 saturated heterocycles. The van der Waals surface area contributed by atoms with Crippen molar-refractivity contribution in [3.8, 4) is 0 Å². The van der Waals surface area contributed by atoms with E-state index >= 15 is 0 Å². The van der Waals surface area contributed by atoms with Crippen LogP contribution < -0.4 is 10.0 Å². The number of rotatable bonds is 6. The van der Waals surface area contributed by atoms with Crippen molar-refractivity contribution in [1.82, 2.24) is 4.98 Å². The Hall–Kier alpha value is -2.43. The third-order valence-corrected chi connectivity index (χ3v) is 2.16. The SMILES string of the molecule is C=NN(/C=C\C)c1cccc(N(/C=C\C)/N=C\C)n1. The number of hydrogen-bond acceptors (Lipinski definition) is 5. The average molecular weight is 257 g/mol. The second-order valence-corrected chi connectivity index (χ2v) is 3.52. The summed E-state index contributed by atoms with van der Waals surface area (Å²) in [5, 5.41) is 11.4. The fourth-order valence-corrected chi connectivity index (χ4v) is 1.44. The van der Waals surface area contributed by atoms with Gasteiger partial charge in [-0.3, -0.25) is 0 Å². The Morgan fingerprint density at radius 2 is 1.63 bits per heavy atom. The van der Waals surface area contributed by atoms with E-state index in [1.807, 2.05) is 57.3 Å². The zero-order valence-electron chi connectivity index (χ0n) is 11.6. The van der Waals surface area contributed by atoms with Crippen molar-refractivity contribution in [1.29, 1.82) is 0 Å². The van der Waals surface area contributed by atoms with Gasteiger partial charge in [0, 0.05) is 25.3 Å². The Morgan fingerprint density at radius 1 is 1.05 bits per heavy atom. The van der Waals surface area contributed by atoms with Crippen LogP contribution in [0, 0.1) is 0 Å². The standard InChI is InChI=1S/C14H19N5/c1-5-11-18(15-4)13-9-8-10-14(17-13)19(12-6-2)16-7-3/h5-12H,4H2,1-3H3/b11-5-,12-6-,16-7-. The lowest BCUT2D eigenvalue weighted by Crippen LogP contribution is -2.13. The van der Waals surface area contributed by atoms with E-state index in [4.69, 9.17) is 0 Å². The number of allylic oxidation sites excluding steroid dienone is 2. The molecule has 0 bridgehead atoms. The van der Waals surface area contributed by atoms with E-state index in [1.165, 1.54) is 0 Å². The molecule has 0 aliphatic rings. The largest absolute Gasteiger partial charge is 0.224 e. The molecule has 0 fully saturated rings. The maximum Gasteiger partial charge on any atom is 0.155 e. The molecule has 0 radical (unpaired) electrons. The van der Waals surface area contributed by atoms with Crippen LogP contribution in [0.3, 0.4) is 0 Å². The molecule has 0 aliphatic heterocycles. The van der Waals surface area contributed by atoms with Crippen molar-refractivity contribution in [2.24, 2.45) is 10.2 Å². The molecule has 0 amide bonds. The first-order valence-corrected chi connectivity index (χ1v) is 6.03. The van der Waals surface area contributed by atoms with Crippen molar-refractivity contribution >= 4 is 24.6 Å². The normalized spacial score (nSPS) is 11.5. The first kappa shape index (κ1) is 14.6. The molecule has 0 aliphatic carbocycles. The molecule has 1 aromatic heterocycles. The molecular weight excluding hydrogens is 238 g/mol. The van der Waals surface area contributed by atoms with Gasteiger partial charge in [0.1, 0.15) is 0 Å². The molecule has 5 nitrogen and oxygen atoms in total. The van der Waals surface area contributed by atoms with Crippen LogP contribution in [0.5, 0.6) is 0 Å². The van der Waals surface area contributed by atoms with E-state index in [-0.39, 0.29) is 0 Å². The Bertz CT molecular complexity index is 478. The van der Waals surface area contributed by atoms with Crippen molar-refractivity contribution < 1.29 is 0 Å². The van der Waals surface area contributed by atoms with Crippen LogP contribution in [0.4, 0.5) is 11.6 Å². The van der Waals surface area contributed by atoms with Crippen molar-refractivity contribution in [3.05, 3.63) is 42.8 Å². The minimum absolute atomic E-state index is 0.686. The van der Waals surface area contributed by atoms with E-state index in [0.717, 1.165) is 0 Å². The topological polar surface area (TPSA) is 44.1 Å². The molecule has 0 aromatic carbocycles. The molecule has 0 atom stereocenters. The van der Waals surface area contributed by atoms with Gasteiger partial charge in [-0.2, -0.15) is 10.2 Å². The fraction of sp³-hybridized carbons (Fsp3) is 0.214. The lowest BCUT2D eigenvalue weighted by Gasteiger charge is -2.17. The molecule has 19 heavy (non-hydrogen) atoms. The van der Waals surface area contributed by atoms with Crippen molar-refractivity contribution in [3.63, 3.8) is 0 Å². The minimum atomic E-state index is 0.686. The summed E-state index contributed by atoms with van der Waals surface area (Å²) in [5.74, 6) is 1.40. The summed E-state index contributed by atoms with van der Waals surface area (Å²) >= 11 is 0. The second kappa shape index (κ2) is 7.81. The predicted octanol–water partition coefficient (Wildman–Crippen LogP) is 3.38. The van der Waals surface area contributed by atoms with Gasteiger partial charge in [-0.15, -0.1) is 0 Å². The van der Waals surface area contributed by atoms with E-state index < -0.39 is 0 Å². The number of nitrogens with zero attached hydrogens (tertiary/aromatic N) is 5. The van der Waals surface area contributed by atoms with E-state index in [1.54, 1.807) is 22.4 Å². The van der Waals surface area contributed by atoms with Crippen LogP contribution in [0.2, 0.25) is 0 Å². The van der Waals surface area contributed by atoms with Gasteiger partial charge in [0.05, 0.1) is 0 Å². The minimum Gasteiger partial charge on any atom is -0.224 e. The predicted molar refractivity (Wildman–Crippen MR) is 82.5 cm³/mol. The molecular formula is C14H19N5. The fourth-order valence-electron chi connectivity index (χ4n) is 1.44. The van der Waals surface area contributed by atoms with Gasteiger partial charge >= 0.3 is 0 Å². The van der Waals surface area contributed by atoms with Crippen LogP contribution >= 0.6 is 0 Å². The molecule has 0 unspecified atom stereocenters. The number of aromatic nitrogens is 1. The molecule has 5 heteroatoms. The summed E-state index contributed by atoms with van der Waals surface area (Å²) in [7, 11) is 0. The van der Waals surface area contributed by atoms with Crippen LogP contribution in [-0.2, 0) is 0 Å². The molecule has 1 rings (SSSR count). The van der Waals surface area contributed by atoms with Gasteiger partial charge in [-0.05, 0) is 32.9 Å². The van der Waals surface area contributed by atoms with Crippen LogP contribution in [-0.4, -0.2) is 17.9 Å². The van der Waals surface area contributed by atoms with Gasteiger partial charge in [0.25, 0.3) is 0 Å². The lowest BCUT2D eigenvalue weighted by atomic mass is 10.4. The monoisotopic (exact) mass is 257 g/mol. The summed E-state index contributed by atoms with van der Waals surface area (Å²) in [6.07, 6.45) is 9.12. The summed E-state index contributed by atoms with van der Waals surface area (Å²) in [4.78, 5) is 4.50. The third-order valence-electron chi connectivity index (χ3n) is 2.16. The molecule has 100 valence electrons. The summed E-state index contributed by atoms with van der Waals surface area (Å²) in [5.41, 5.74) is 0. The summed E-state index contributed by atoms with van der Waals surface area (Å²) in [6.45, 7) is 9.23. The van der Waals surface area contributed by atoms with Crippen LogP contribution in [0.1, 0.15) is 20.8 Å². The van der Waals surface area contributed by atoms with Gasteiger partial charge in [0.2, 0.25) is 0 Å². The van der Waals surface area contributed by atoms with Gasteiger partial charge in [0.15, 0.2) is 11.6 Å². The Morgan fingerprint density at radius 3 is 2.16 bits per heavy atom. The number of pyridine rings is 1. The lowest BCUT2D eigenvalue weighted by molar-refractivity contribution is 0.989. The van der Waals surface area contributed by atoms with Crippen LogP contribution in [0.25, 0.3) is 0 Å². The summed E-state index contributed by atoms with van der Waals surface area (Å²) in [6, 6.07) is 5.65. The molecule has 0 spiro atoms. The average Bonchev–Trinajstić information content (AvgIpc) is 2.44. The Labute approximate surface area is 114 Å². The highest BCUT2D eigenvalue weighted by molar-refractivity contribution is 5.58. The first-order chi connectivity index (χ1) is 9.26. The highest BCUT2D eigenvalue weighted by Crippen LogP contribution is 2.18. The summed E-state index contributed by atoms with van der Waals surface area (Å²) < 4.78 is 0. The second-order valence-electron chi connectivity index (χ2n) is 3.52. The van der Waals surface area contributed by atoms with Gasteiger partial charge < -0.3 is 0 Å². The maximum absolute atomic E-state index is 4.50. The molecule has 0 saturated carbocycles. The Kier molecular flexibility index (Phi) is 6.02.